The van der Waals surface area contributed by atoms with Crippen molar-refractivity contribution < 1.29 is 22.3 Å². The molecule has 0 saturated heterocycles. The molecule has 0 bridgehead atoms. The second-order valence-corrected chi connectivity index (χ2v) is 0.814. The molecule has 1 heterocycles. The first kappa shape index (κ1) is 5.90. The molecule has 0 atom stereocenters. The van der Waals surface area contributed by atoms with E-state index in [1.165, 1.54) is 0 Å². The zero-order chi connectivity index (χ0) is 3.54. The third-order valence-corrected chi connectivity index (χ3v) is 0.442. The summed E-state index contributed by atoms with van der Waals surface area (Å²) < 4.78 is 0. The van der Waals surface area contributed by atoms with E-state index in [1.54, 1.807) is 0 Å². The minimum absolute atomic E-state index is 0. The third-order valence-electron chi connectivity index (χ3n) is 0.442. The average Bonchev–Trinajstić information content (AvgIpc) is 1.76. The van der Waals surface area contributed by atoms with Crippen molar-refractivity contribution in [1.82, 2.24) is 4.98 Å². The molecule has 0 fully saturated rings. The molecule has 0 aromatic carbocycles. The largest absolute Gasteiger partial charge is 3.00 e. The van der Waals surface area contributed by atoms with E-state index >= 15 is 0 Å². The summed E-state index contributed by atoms with van der Waals surface area (Å²) in [4.78, 5) is 2.74. The van der Waals surface area contributed by atoms with E-state index in [9.17, 15) is 0 Å². The van der Waals surface area contributed by atoms with Crippen molar-refractivity contribution >= 4 is 0 Å². The molecule has 0 radical (unpaired) electrons. The van der Waals surface area contributed by atoms with E-state index in [1.807, 2.05) is 18.3 Å². The summed E-state index contributed by atoms with van der Waals surface area (Å²) in [6.45, 7) is 0. The molecule has 1 nitrogen and oxygen atoms in total. The monoisotopic (exact) mass is 171 g/mol. The van der Waals surface area contributed by atoms with Crippen molar-refractivity contribution in [2.24, 2.45) is 0 Å². The molecule has 0 amide bonds. The Labute approximate surface area is 52.5 Å². The van der Waals surface area contributed by atoms with Crippen molar-refractivity contribution in [2.75, 3.05) is 0 Å². The minimum Gasteiger partial charge on any atom is -1.00 e. The van der Waals surface area contributed by atoms with Crippen LogP contribution in [0.1, 0.15) is 2.85 Å². The summed E-state index contributed by atoms with van der Waals surface area (Å²) in [7, 11) is 0. The van der Waals surface area contributed by atoms with Gasteiger partial charge in [-0.15, -0.1) is 6.20 Å². The fourth-order valence-corrected chi connectivity index (χ4v) is 0.241. The molecule has 2 heteroatoms. The average molecular weight is 171 g/mol. The molecule has 1 rings (SSSR count). The number of aromatic nitrogens is 1. The van der Waals surface area contributed by atoms with Crippen molar-refractivity contribution in [2.45, 2.75) is 0 Å². The second-order valence-electron chi connectivity index (χ2n) is 0.814. The van der Waals surface area contributed by atoms with Gasteiger partial charge in [-0.05, 0) is 0 Å². The fourth-order valence-electron chi connectivity index (χ4n) is 0.241. The molecule has 36 valence electrons. The van der Waals surface area contributed by atoms with Gasteiger partial charge in [-0.3, -0.25) is 0 Å². The Balaban J connectivity index is -0.0000000833. The van der Waals surface area contributed by atoms with Crippen LogP contribution in [0, 0.1) is 6.20 Å². The normalized spacial score (nSPS) is 6.67. The molecule has 1 aromatic rings. The van der Waals surface area contributed by atoms with E-state index in [2.05, 4.69) is 11.2 Å². The summed E-state index contributed by atoms with van der Waals surface area (Å²) in [6.07, 6.45) is 4.56. The molecule has 0 aliphatic carbocycles. The standard InChI is InChI=1S/C4H4N.Rh.2H/c1-2-4-5-3-1;;;/h1-3,5H;;;/q-1;+3;2*-1. The third kappa shape index (κ3) is 1.37. The van der Waals surface area contributed by atoms with E-state index in [0.717, 1.165) is 0 Å². The van der Waals surface area contributed by atoms with Crippen LogP contribution < -0.4 is 0 Å². The molecule has 1 N–H and O–H groups in total. The molecule has 6 heavy (non-hydrogen) atoms. The van der Waals surface area contributed by atoms with Crippen LogP contribution in [-0.4, -0.2) is 4.98 Å². The van der Waals surface area contributed by atoms with E-state index in [4.69, 9.17) is 0 Å². The maximum Gasteiger partial charge on any atom is 3.00 e. The molecular weight excluding hydrogens is 165 g/mol. The van der Waals surface area contributed by atoms with Gasteiger partial charge >= 0.3 is 19.5 Å². The number of aromatic amines is 1. The molecule has 0 aliphatic rings. The van der Waals surface area contributed by atoms with Crippen LogP contribution in [0.2, 0.25) is 0 Å². The zero-order valence-electron chi connectivity index (χ0n) is 5.07. The van der Waals surface area contributed by atoms with Crippen LogP contribution in [0.15, 0.2) is 18.3 Å². The molecular formula is C4H6NRh. The summed E-state index contributed by atoms with van der Waals surface area (Å²) in [5, 5.41) is 0. The number of H-pyrrole nitrogens is 1. The summed E-state index contributed by atoms with van der Waals surface area (Å²) in [5.41, 5.74) is 0. The van der Waals surface area contributed by atoms with Crippen molar-refractivity contribution in [1.29, 1.82) is 0 Å². The van der Waals surface area contributed by atoms with Gasteiger partial charge in [-0.2, -0.15) is 18.3 Å². The SMILES string of the molecule is [H-].[H-].[Rh+3].[c-]1ccc[nH]1. The fraction of sp³-hybridized carbons (Fsp3) is 0. The zero-order valence-corrected chi connectivity index (χ0v) is 4.70. The predicted molar refractivity (Wildman–Crippen MR) is 21.9 cm³/mol. The van der Waals surface area contributed by atoms with Gasteiger partial charge in [0.2, 0.25) is 0 Å². The van der Waals surface area contributed by atoms with E-state index < -0.39 is 0 Å². The Morgan fingerprint density at radius 1 is 1.67 bits per heavy atom. The molecule has 0 aliphatic heterocycles. The van der Waals surface area contributed by atoms with Crippen LogP contribution in [0.5, 0.6) is 0 Å². The Kier molecular flexibility index (Phi) is 3.06. The summed E-state index contributed by atoms with van der Waals surface area (Å²) >= 11 is 0. The molecule has 0 saturated carbocycles. The first-order chi connectivity index (χ1) is 2.50. The van der Waals surface area contributed by atoms with Gasteiger partial charge in [0, 0.05) is 0 Å². The van der Waals surface area contributed by atoms with Gasteiger partial charge in [0.25, 0.3) is 0 Å². The Hall–Kier alpha value is -0.0966. The first-order valence-corrected chi connectivity index (χ1v) is 1.49. The molecule has 1 aromatic heterocycles. The van der Waals surface area contributed by atoms with Crippen molar-refractivity contribution in [3.05, 3.63) is 24.5 Å². The van der Waals surface area contributed by atoms with E-state index in [-0.39, 0.29) is 22.3 Å². The maximum absolute atomic E-state index is 2.74. The Morgan fingerprint density at radius 3 is 2.67 bits per heavy atom. The number of nitrogens with one attached hydrogen (secondary N) is 1. The van der Waals surface area contributed by atoms with Gasteiger partial charge in [-0.1, -0.05) is 0 Å². The second kappa shape index (κ2) is 3.11. The molecule has 0 spiro atoms. The summed E-state index contributed by atoms with van der Waals surface area (Å²) in [5.74, 6) is 0. The predicted octanol–water partition coefficient (Wildman–Crippen LogP) is 1.04. The van der Waals surface area contributed by atoms with E-state index in [0.29, 0.717) is 0 Å². The Morgan fingerprint density at radius 2 is 2.50 bits per heavy atom. The van der Waals surface area contributed by atoms with Gasteiger partial charge in [0.15, 0.2) is 0 Å². The number of rotatable bonds is 0. The quantitative estimate of drug-likeness (QED) is 0.443. The van der Waals surface area contributed by atoms with Gasteiger partial charge < -0.3 is 7.84 Å². The van der Waals surface area contributed by atoms with Crippen molar-refractivity contribution in [3.8, 4) is 0 Å². The van der Waals surface area contributed by atoms with Gasteiger partial charge in [0.1, 0.15) is 0 Å². The number of hydrogen-bond acceptors (Lipinski definition) is 0. The van der Waals surface area contributed by atoms with Crippen LogP contribution in [-0.2, 0) is 19.5 Å². The van der Waals surface area contributed by atoms with Crippen LogP contribution in [0.3, 0.4) is 0 Å². The van der Waals surface area contributed by atoms with Crippen LogP contribution >= 0.6 is 0 Å². The van der Waals surface area contributed by atoms with Gasteiger partial charge in [0.05, 0.1) is 0 Å². The maximum atomic E-state index is 2.74. The number of hydrogen-bond donors (Lipinski definition) is 1. The van der Waals surface area contributed by atoms with Gasteiger partial charge in [-0.25, -0.2) is 0 Å². The minimum atomic E-state index is 0. The Bertz CT molecular complexity index is 70.5. The molecule has 0 unspecified atom stereocenters. The van der Waals surface area contributed by atoms with Crippen molar-refractivity contribution in [3.63, 3.8) is 0 Å². The summed E-state index contributed by atoms with van der Waals surface area (Å²) in [6, 6.07) is 3.71. The topological polar surface area (TPSA) is 15.8 Å². The first-order valence-electron chi connectivity index (χ1n) is 1.49. The van der Waals surface area contributed by atoms with Crippen LogP contribution in [0.4, 0.5) is 0 Å². The smallest absolute Gasteiger partial charge is 1.00 e. The van der Waals surface area contributed by atoms with Crippen LogP contribution in [0.25, 0.3) is 0 Å².